The van der Waals surface area contributed by atoms with Crippen LogP contribution in [0.15, 0.2) is 29.3 Å². The fraction of sp³-hybridized carbons (Fsp3) is 0.579. The van der Waals surface area contributed by atoms with Gasteiger partial charge in [-0.25, -0.2) is 4.99 Å². The number of amides is 1. The molecule has 1 aliphatic rings. The predicted octanol–water partition coefficient (Wildman–Crippen LogP) is 2.17. The first-order chi connectivity index (χ1) is 12.7. The Morgan fingerprint density at radius 1 is 1.33 bits per heavy atom. The van der Waals surface area contributed by atoms with Gasteiger partial charge in [-0.3, -0.25) is 9.69 Å². The van der Waals surface area contributed by atoms with E-state index < -0.39 is 0 Å². The number of rotatable bonds is 9. The molecule has 1 aromatic carbocycles. The Balaban J connectivity index is 0.00000364. The molecule has 0 unspecified atom stereocenters. The van der Waals surface area contributed by atoms with Crippen LogP contribution in [0.2, 0.25) is 0 Å². The van der Waals surface area contributed by atoms with Gasteiger partial charge >= 0.3 is 0 Å². The minimum atomic E-state index is 0. The van der Waals surface area contributed by atoms with Gasteiger partial charge in [0.2, 0.25) is 5.91 Å². The minimum Gasteiger partial charge on any atom is -0.379 e. The first-order valence-corrected chi connectivity index (χ1v) is 9.40. The number of unbranched alkanes of at least 4 members (excludes halogenated alkanes) is 1. The maximum atomic E-state index is 12.2. The first-order valence-electron chi connectivity index (χ1n) is 9.40. The van der Waals surface area contributed by atoms with Crippen LogP contribution in [0, 0.1) is 0 Å². The van der Waals surface area contributed by atoms with Gasteiger partial charge in [-0.2, -0.15) is 0 Å². The molecule has 0 bridgehead atoms. The van der Waals surface area contributed by atoms with E-state index in [4.69, 9.17) is 10.5 Å². The fourth-order valence-corrected chi connectivity index (χ4v) is 2.68. The van der Waals surface area contributed by atoms with E-state index in [1.54, 1.807) is 0 Å². The second kappa shape index (κ2) is 13.7. The van der Waals surface area contributed by atoms with Gasteiger partial charge in [0.05, 0.1) is 19.8 Å². The molecule has 1 aromatic rings. The van der Waals surface area contributed by atoms with Crippen molar-refractivity contribution >= 4 is 41.5 Å². The van der Waals surface area contributed by atoms with Crippen molar-refractivity contribution in [2.75, 3.05) is 44.7 Å². The average Bonchev–Trinajstić information content (AvgIpc) is 2.66. The molecule has 1 fully saturated rings. The highest BCUT2D eigenvalue weighted by molar-refractivity contribution is 14.0. The Bertz CT molecular complexity index is 591. The number of nitrogens with zero attached hydrogens (tertiary/aromatic N) is 2. The Labute approximate surface area is 179 Å². The molecule has 1 heterocycles. The molecular formula is C19H32IN5O2. The van der Waals surface area contributed by atoms with Crippen molar-refractivity contribution in [1.82, 2.24) is 10.2 Å². The van der Waals surface area contributed by atoms with Gasteiger partial charge in [0, 0.05) is 38.3 Å². The van der Waals surface area contributed by atoms with E-state index in [-0.39, 0.29) is 29.9 Å². The molecule has 1 aliphatic heterocycles. The van der Waals surface area contributed by atoms with Gasteiger partial charge in [0.1, 0.15) is 0 Å². The smallest absolute Gasteiger partial charge is 0.225 e. The van der Waals surface area contributed by atoms with Crippen LogP contribution in [-0.2, 0) is 16.1 Å². The lowest BCUT2D eigenvalue weighted by molar-refractivity contribution is -0.116. The number of guanidine groups is 1. The molecule has 0 atom stereocenters. The van der Waals surface area contributed by atoms with Gasteiger partial charge in [-0.15, -0.1) is 24.0 Å². The Hall–Kier alpha value is -1.39. The fourth-order valence-electron chi connectivity index (χ4n) is 2.68. The highest BCUT2D eigenvalue weighted by atomic mass is 127. The van der Waals surface area contributed by atoms with E-state index in [0.717, 1.165) is 63.5 Å². The van der Waals surface area contributed by atoms with Crippen molar-refractivity contribution in [2.24, 2.45) is 10.7 Å². The summed E-state index contributed by atoms with van der Waals surface area (Å²) >= 11 is 0. The highest BCUT2D eigenvalue weighted by Gasteiger charge is 2.12. The Kier molecular flexibility index (Phi) is 12.0. The van der Waals surface area contributed by atoms with Crippen LogP contribution in [0.3, 0.4) is 0 Å². The van der Waals surface area contributed by atoms with Crippen molar-refractivity contribution in [2.45, 2.75) is 32.7 Å². The second-order valence-corrected chi connectivity index (χ2v) is 6.43. The standard InChI is InChI=1S/C19H31N5O2.HI/c1-2-3-8-21-19(20)22-15-16-5-4-6-17(14-16)23-18(25)7-9-24-10-12-26-13-11-24;/h4-6,14H,2-3,7-13,15H2,1H3,(H,23,25)(H3,20,21,22);1H. The number of anilines is 1. The average molecular weight is 489 g/mol. The van der Waals surface area contributed by atoms with Crippen LogP contribution in [-0.4, -0.2) is 56.2 Å². The zero-order chi connectivity index (χ0) is 18.6. The largest absolute Gasteiger partial charge is 0.379 e. The molecule has 0 aliphatic carbocycles. The van der Waals surface area contributed by atoms with Crippen molar-refractivity contribution < 1.29 is 9.53 Å². The van der Waals surface area contributed by atoms with Crippen molar-refractivity contribution in [1.29, 1.82) is 0 Å². The molecule has 0 aromatic heterocycles. The Morgan fingerprint density at radius 3 is 2.85 bits per heavy atom. The number of hydrogen-bond acceptors (Lipinski definition) is 4. The number of carbonyl (C=O) groups excluding carboxylic acids is 1. The molecule has 0 spiro atoms. The van der Waals surface area contributed by atoms with Gasteiger partial charge < -0.3 is 21.1 Å². The summed E-state index contributed by atoms with van der Waals surface area (Å²) < 4.78 is 5.32. The third-order valence-electron chi connectivity index (χ3n) is 4.24. The third kappa shape index (κ3) is 9.92. The van der Waals surface area contributed by atoms with Crippen LogP contribution in [0.4, 0.5) is 5.69 Å². The van der Waals surface area contributed by atoms with Crippen molar-refractivity contribution in [3.8, 4) is 0 Å². The molecule has 1 amide bonds. The molecule has 1 saturated heterocycles. The minimum absolute atomic E-state index is 0. The number of carbonyl (C=O) groups is 1. The molecule has 2 rings (SSSR count). The zero-order valence-electron chi connectivity index (χ0n) is 16.1. The monoisotopic (exact) mass is 489 g/mol. The quantitative estimate of drug-likeness (QED) is 0.214. The first kappa shape index (κ1) is 23.6. The van der Waals surface area contributed by atoms with Crippen molar-refractivity contribution in [3.63, 3.8) is 0 Å². The van der Waals surface area contributed by atoms with E-state index >= 15 is 0 Å². The lowest BCUT2D eigenvalue weighted by atomic mass is 10.2. The lowest BCUT2D eigenvalue weighted by Crippen LogP contribution is -2.38. The van der Waals surface area contributed by atoms with Crippen LogP contribution in [0.25, 0.3) is 0 Å². The number of morpholine rings is 1. The number of nitrogens with one attached hydrogen (secondary N) is 2. The van der Waals surface area contributed by atoms with E-state index in [0.29, 0.717) is 18.9 Å². The van der Waals surface area contributed by atoms with E-state index in [1.165, 1.54) is 0 Å². The normalized spacial score (nSPS) is 15.1. The SMILES string of the molecule is CCCCNC(N)=NCc1cccc(NC(=O)CCN2CCOCC2)c1.I. The van der Waals surface area contributed by atoms with Gasteiger partial charge in [-0.05, 0) is 24.1 Å². The number of benzene rings is 1. The summed E-state index contributed by atoms with van der Waals surface area (Å²) in [7, 11) is 0. The summed E-state index contributed by atoms with van der Waals surface area (Å²) in [6, 6.07) is 7.73. The summed E-state index contributed by atoms with van der Waals surface area (Å²) in [5, 5.41) is 6.05. The zero-order valence-corrected chi connectivity index (χ0v) is 18.4. The molecule has 8 heteroatoms. The molecule has 7 nitrogen and oxygen atoms in total. The van der Waals surface area contributed by atoms with Gasteiger partial charge in [-0.1, -0.05) is 25.5 Å². The van der Waals surface area contributed by atoms with Crippen LogP contribution < -0.4 is 16.4 Å². The van der Waals surface area contributed by atoms with Crippen LogP contribution >= 0.6 is 24.0 Å². The van der Waals surface area contributed by atoms with E-state index in [2.05, 4.69) is 27.4 Å². The number of hydrogen-bond donors (Lipinski definition) is 3. The Morgan fingerprint density at radius 2 is 2.11 bits per heavy atom. The lowest BCUT2D eigenvalue weighted by Gasteiger charge is -2.26. The van der Waals surface area contributed by atoms with Crippen LogP contribution in [0.1, 0.15) is 31.7 Å². The number of nitrogens with two attached hydrogens (primary N) is 1. The molecule has 27 heavy (non-hydrogen) atoms. The number of halogens is 1. The number of ether oxygens (including phenoxy) is 1. The summed E-state index contributed by atoms with van der Waals surface area (Å²) in [4.78, 5) is 18.7. The van der Waals surface area contributed by atoms with Gasteiger partial charge in [0.25, 0.3) is 0 Å². The van der Waals surface area contributed by atoms with E-state index in [1.807, 2.05) is 24.3 Å². The summed E-state index contributed by atoms with van der Waals surface area (Å²) in [6.45, 7) is 7.52. The molecule has 0 radical (unpaired) electrons. The summed E-state index contributed by atoms with van der Waals surface area (Å²) in [5.41, 5.74) is 7.65. The van der Waals surface area contributed by atoms with Gasteiger partial charge in [0.15, 0.2) is 5.96 Å². The van der Waals surface area contributed by atoms with Crippen LogP contribution in [0.5, 0.6) is 0 Å². The predicted molar refractivity (Wildman–Crippen MR) is 121 cm³/mol. The van der Waals surface area contributed by atoms with Crippen molar-refractivity contribution in [3.05, 3.63) is 29.8 Å². The highest BCUT2D eigenvalue weighted by Crippen LogP contribution is 2.12. The topological polar surface area (TPSA) is 92.0 Å². The molecule has 4 N–H and O–H groups in total. The molecule has 152 valence electrons. The maximum Gasteiger partial charge on any atom is 0.225 e. The summed E-state index contributed by atoms with van der Waals surface area (Å²) in [5.74, 6) is 0.483. The molecular weight excluding hydrogens is 457 g/mol. The third-order valence-corrected chi connectivity index (χ3v) is 4.24. The summed E-state index contributed by atoms with van der Waals surface area (Å²) in [6.07, 6.45) is 2.67. The van der Waals surface area contributed by atoms with E-state index in [9.17, 15) is 4.79 Å². The molecule has 0 saturated carbocycles. The maximum absolute atomic E-state index is 12.2. The number of aliphatic imine (C=N–C) groups is 1. The second-order valence-electron chi connectivity index (χ2n) is 6.43.